The number of para-hydroxylation sites is 1. The van der Waals surface area contributed by atoms with Gasteiger partial charge in [-0.25, -0.2) is 4.68 Å². The second kappa shape index (κ2) is 8.64. The lowest BCUT2D eigenvalue weighted by molar-refractivity contribution is -0.122. The number of benzene rings is 2. The lowest BCUT2D eigenvalue weighted by Crippen LogP contribution is -2.33. The summed E-state index contributed by atoms with van der Waals surface area (Å²) in [7, 11) is 1.58. The number of amides is 1. The van der Waals surface area contributed by atoms with E-state index in [1.807, 2.05) is 48.5 Å². The Hall–Kier alpha value is -2.93. The highest BCUT2D eigenvalue weighted by Gasteiger charge is 2.09. The molecule has 6 nitrogen and oxygen atoms in total. The molecule has 7 heteroatoms. The molecule has 0 fully saturated rings. The van der Waals surface area contributed by atoms with Crippen LogP contribution in [0.25, 0.3) is 11.3 Å². The fourth-order valence-electron chi connectivity index (χ4n) is 2.57. The fourth-order valence-corrected chi connectivity index (χ4v) is 2.84. The van der Waals surface area contributed by atoms with E-state index in [-0.39, 0.29) is 18.0 Å². The third-order valence-electron chi connectivity index (χ3n) is 3.97. The lowest BCUT2D eigenvalue weighted by atomic mass is 10.1. The Morgan fingerprint density at radius 2 is 1.85 bits per heavy atom. The molecule has 0 unspecified atom stereocenters. The van der Waals surface area contributed by atoms with Crippen molar-refractivity contribution in [2.45, 2.75) is 13.1 Å². The monoisotopic (exact) mass is 427 g/mol. The lowest BCUT2D eigenvalue weighted by Gasteiger charge is -2.10. The van der Waals surface area contributed by atoms with Gasteiger partial charge in [0, 0.05) is 28.2 Å². The predicted octanol–water partition coefficient (Wildman–Crippen LogP) is 3.00. The van der Waals surface area contributed by atoms with Gasteiger partial charge in [0.2, 0.25) is 5.91 Å². The molecule has 0 saturated heterocycles. The zero-order valence-corrected chi connectivity index (χ0v) is 16.3. The molecule has 138 valence electrons. The topological polar surface area (TPSA) is 73.2 Å². The van der Waals surface area contributed by atoms with E-state index in [9.17, 15) is 9.59 Å². The Morgan fingerprint density at radius 1 is 1.11 bits per heavy atom. The molecule has 0 bridgehead atoms. The van der Waals surface area contributed by atoms with E-state index in [0.717, 1.165) is 20.3 Å². The summed E-state index contributed by atoms with van der Waals surface area (Å²) in [5.74, 6) is 0.397. The molecular formula is C20H18BrN3O3. The van der Waals surface area contributed by atoms with Crippen molar-refractivity contribution in [1.82, 2.24) is 15.1 Å². The van der Waals surface area contributed by atoms with Gasteiger partial charge in [-0.1, -0.05) is 46.3 Å². The molecule has 1 amide bonds. The first-order valence-electron chi connectivity index (χ1n) is 8.29. The Balaban J connectivity index is 1.71. The summed E-state index contributed by atoms with van der Waals surface area (Å²) in [6, 6.07) is 18.1. The molecule has 0 saturated carbocycles. The largest absolute Gasteiger partial charge is 0.496 e. The number of rotatable bonds is 6. The summed E-state index contributed by atoms with van der Waals surface area (Å²) < 4.78 is 7.38. The van der Waals surface area contributed by atoms with Gasteiger partial charge in [0.05, 0.1) is 12.8 Å². The van der Waals surface area contributed by atoms with Gasteiger partial charge in [-0.2, -0.15) is 5.10 Å². The second-order valence-corrected chi connectivity index (χ2v) is 6.73. The third kappa shape index (κ3) is 4.83. The summed E-state index contributed by atoms with van der Waals surface area (Å²) in [6.45, 7) is 0.155. The van der Waals surface area contributed by atoms with Gasteiger partial charge in [0.25, 0.3) is 5.56 Å². The van der Waals surface area contributed by atoms with Crippen LogP contribution in [0.3, 0.4) is 0 Å². The fraction of sp³-hybridized carbons (Fsp3) is 0.150. The van der Waals surface area contributed by atoms with Crippen LogP contribution in [-0.4, -0.2) is 22.8 Å². The first-order valence-corrected chi connectivity index (χ1v) is 9.09. The molecule has 2 aromatic carbocycles. The molecule has 1 heterocycles. The summed E-state index contributed by atoms with van der Waals surface area (Å²) >= 11 is 3.39. The minimum absolute atomic E-state index is 0.154. The van der Waals surface area contributed by atoms with Crippen molar-refractivity contribution in [2.75, 3.05) is 7.11 Å². The van der Waals surface area contributed by atoms with E-state index in [0.29, 0.717) is 18.0 Å². The molecule has 0 atom stereocenters. The highest BCUT2D eigenvalue weighted by Crippen LogP contribution is 2.19. The highest BCUT2D eigenvalue weighted by molar-refractivity contribution is 9.10. The van der Waals surface area contributed by atoms with Crippen molar-refractivity contribution in [3.63, 3.8) is 0 Å². The predicted molar refractivity (Wildman–Crippen MR) is 106 cm³/mol. The van der Waals surface area contributed by atoms with E-state index in [1.165, 1.54) is 6.07 Å². The molecule has 27 heavy (non-hydrogen) atoms. The number of carbonyl (C=O) groups is 1. The summed E-state index contributed by atoms with van der Waals surface area (Å²) in [5.41, 5.74) is 2.02. The second-order valence-electron chi connectivity index (χ2n) is 5.81. The van der Waals surface area contributed by atoms with Crippen LogP contribution in [0.5, 0.6) is 5.75 Å². The number of ether oxygens (including phenoxy) is 1. The molecule has 0 aliphatic rings. The van der Waals surface area contributed by atoms with Crippen LogP contribution in [0.1, 0.15) is 5.56 Å². The molecule has 0 spiro atoms. The van der Waals surface area contributed by atoms with E-state index >= 15 is 0 Å². The van der Waals surface area contributed by atoms with Crippen LogP contribution in [0.15, 0.2) is 69.9 Å². The number of hydrogen-bond acceptors (Lipinski definition) is 4. The van der Waals surface area contributed by atoms with Crippen LogP contribution in [-0.2, 0) is 17.9 Å². The van der Waals surface area contributed by atoms with Crippen molar-refractivity contribution in [3.8, 4) is 17.0 Å². The standard InChI is InChI=1S/C20H18BrN3O3/c1-27-18-5-3-2-4-15(18)12-22-19(25)13-24-20(26)11-10-17(23-24)14-6-8-16(21)9-7-14/h2-11H,12-13H2,1H3,(H,22,25). The Labute approximate surface area is 164 Å². The van der Waals surface area contributed by atoms with Crippen LogP contribution in [0.2, 0.25) is 0 Å². The van der Waals surface area contributed by atoms with E-state index < -0.39 is 0 Å². The van der Waals surface area contributed by atoms with Crippen molar-refractivity contribution >= 4 is 21.8 Å². The van der Waals surface area contributed by atoms with Crippen molar-refractivity contribution in [3.05, 3.63) is 81.1 Å². The maximum absolute atomic E-state index is 12.3. The van der Waals surface area contributed by atoms with Gasteiger partial charge in [0.15, 0.2) is 0 Å². The molecule has 3 aromatic rings. The maximum atomic E-state index is 12.3. The average molecular weight is 428 g/mol. The van der Waals surface area contributed by atoms with E-state index in [1.54, 1.807) is 13.2 Å². The molecular weight excluding hydrogens is 410 g/mol. The Morgan fingerprint density at radius 3 is 2.59 bits per heavy atom. The minimum Gasteiger partial charge on any atom is -0.496 e. The zero-order chi connectivity index (χ0) is 19.2. The number of hydrogen-bond donors (Lipinski definition) is 1. The summed E-state index contributed by atoms with van der Waals surface area (Å²) in [4.78, 5) is 24.3. The van der Waals surface area contributed by atoms with Crippen molar-refractivity contribution < 1.29 is 9.53 Å². The van der Waals surface area contributed by atoms with Gasteiger partial charge < -0.3 is 10.1 Å². The maximum Gasteiger partial charge on any atom is 0.267 e. The van der Waals surface area contributed by atoms with E-state index in [4.69, 9.17) is 4.74 Å². The first kappa shape index (κ1) is 18.8. The first-order chi connectivity index (χ1) is 13.1. The molecule has 0 radical (unpaired) electrons. The van der Waals surface area contributed by atoms with E-state index in [2.05, 4.69) is 26.3 Å². The normalized spacial score (nSPS) is 10.4. The third-order valence-corrected chi connectivity index (χ3v) is 4.50. The molecule has 0 aliphatic carbocycles. The Kier molecular flexibility index (Phi) is 6.03. The molecule has 3 rings (SSSR count). The SMILES string of the molecule is COc1ccccc1CNC(=O)Cn1nc(-c2ccc(Br)cc2)ccc1=O. The van der Waals surface area contributed by atoms with Crippen LogP contribution in [0, 0.1) is 0 Å². The number of methoxy groups -OCH3 is 1. The number of halogens is 1. The smallest absolute Gasteiger partial charge is 0.267 e. The Bertz CT molecular complexity index is 1000. The van der Waals surface area contributed by atoms with Gasteiger partial charge in [0.1, 0.15) is 12.3 Å². The van der Waals surface area contributed by atoms with Crippen LogP contribution in [0.4, 0.5) is 0 Å². The number of aromatic nitrogens is 2. The van der Waals surface area contributed by atoms with Gasteiger partial charge >= 0.3 is 0 Å². The van der Waals surface area contributed by atoms with Crippen molar-refractivity contribution in [2.24, 2.45) is 0 Å². The van der Waals surface area contributed by atoms with Gasteiger partial charge in [-0.3, -0.25) is 9.59 Å². The molecule has 0 aliphatic heterocycles. The van der Waals surface area contributed by atoms with Crippen LogP contribution < -0.4 is 15.6 Å². The van der Waals surface area contributed by atoms with Gasteiger partial charge in [-0.15, -0.1) is 0 Å². The number of nitrogens with zero attached hydrogens (tertiary/aromatic N) is 2. The molecule has 1 N–H and O–H groups in total. The molecule has 1 aromatic heterocycles. The number of carbonyl (C=O) groups excluding carboxylic acids is 1. The average Bonchev–Trinajstić information content (AvgIpc) is 2.69. The highest BCUT2D eigenvalue weighted by atomic mass is 79.9. The summed E-state index contributed by atoms with van der Waals surface area (Å²) in [6.07, 6.45) is 0. The van der Waals surface area contributed by atoms with Crippen LogP contribution >= 0.6 is 15.9 Å². The zero-order valence-electron chi connectivity index (χ0n) is 14.7. The van der Waals surface area contributed by atoms with Crippen molar-refractivity contribution in [1.29, 1.82) is 0 Å². The van der Waals surface area contributed by atoms with Gasteiger partial charge in [-0.05, 0) is 24.3 Å². The number of nitrogens with one attached hydrogen (secondary N) is 1. The minimum atomic E-state index is -0.330. The quantitative estimate of drug-likeness (QED) is 0.655. The summed E-state index contributed by atoms with van der Waals surface area (Å²) in [5, 5.41) is 7.10.